The smallest absolute Gasteiger partial charge is 0.0746 e. The maximum Gasteiger partial charge on any atom is 0.0746 e. The standard InChI is InChI=1S/C10H20N2O/c1-9(2)7-10(3,13)8-12-6-4-5-11/h9,12-13H,4,6-8H2,1-3H3. The highest BCUT2D eigenvalue weighted by Gasteiger charge is 2.20. The summed E-state index contributed by atoms with van der Waals surface area (Å²) in [5, 5.41) is 21.2. The van der Waals surface area contributed by atoms with Crippen LogP contribution in [-0.2, 0) is 0 Å². The van der Waals surface area contributed by atoms with Gasteiger partial charge in [0.1, 0.15) is 0 Å². The Bertz CT molecular complexity index is 170. The number of hydrogen-bond donors (Lipinski definition) is 2. The molecule has 0 aliphatic rings. The lowest BCUT2D eigenvalue weighted by Crippen LogP contribution is -2.39. The maximum atomic E-state index is 9.84. The van der Waals surface area contributed by atoms with Gasteiger partial charge in [0.05, 0.1) is 11.7 Å². The Balaban J connectivity index is 3.58. The van der Waals surface area contributed by atoms with E-state index in [2.05, 4.69) is 25.2 Å². The lowest BCUT2D eigenvalue weighted by Gasteiger charge is -2.25. The Morgan fingerprint density at radius 2 is 2.15 bits per heavy atom. The summed E-state index contributed by atoms with van der Waals surface area (Å²) < 4.78 is 0. The van der Waals surface area contributed by atoms with Gasteiger partial charge in [0.25, 0.3) is 0 Å². The van der Waals surface area contributed by atoms with Crippen LogP contribution < -0.4 is 5.32 Å². The van der Waals surface area contributed by atoms with E-state index in [4.69, 9.17) is 5.26 Å². The summed E-state index contributed by atoms with van der Waals surface area (Å²) in [5.41, 5.74) is -0.649. The van der Waals surface area contributed by atoms with Crippen molar-refractivity contribution in [3.8, 4) is 6.07 Å². The Hall–Kier alpha value is -0.590. The van der Waals surface area contributed by atoms with E-state index in [1.54, 1.807) is 0 Å². The van der Waals surface area contributed by atoms with Crippen molar-refractivity contribution < 1.29 is 5.11 Å². The van der Waals surface area contributed by atoms with Crippen molar-refractivity contribution in [2.75, 3.05) is 13.1 Å². The Morgan fingerprint density at radius 3 is 2.62 bits per heavy atom. The summed E-state index contributed by atoms with van der Waals surface area (Å²) in [6, 6.07) is 2.05. The molecule has 0 aliphatic heterocycles. The van der Waals surface area contributed by atoms with Crippen LogP contribution in [0.1, 0.15) is 33.6 Å². The number of nitrogens with one attached hydrogen (secondary N) is 1. The topological polar surface area (TPSA) is 56.0 Å². The highest BCUT2D eigenvalue weighted by atomic mass is 16.3. The summed E-state index contributed by atoms with van der Waals surface area (Å²) in [6.07, 6.45) is 1.28. The molecule has 0 fully saturated rings. The Morgan fingerprint density at radius 1 is 1.54 bits per heavy atom. The molecule has 0 aromatic carbocycles. The van der Waals surface area contributed by atoms with E-state index >= 15 is 0 Å². The van der Waals surface area contributed by atoms with Crippen molar-refractivity contribution in [1.29, 1.82) is 5.26 Å². The molecule has 0 bridgehead atoms. The predicted octanol–water partition coefficient (Wildman–Crippen LogP) is 1.29. The number of hydrogen-bond acceptors (Lipinski definition) is 3. The Labute approximate surface area is 80.8 Å². The molecular weight excluding hydrogens is 164 g/mol. The minimum Gasteiger partial charge on any atom is -0.389 e. The van der Waals surface area contributed by atoms with Crippen molar-refractivity contribution in [2.24, 2.45) is 5.92 Å². The van der Waals surface area contributed by atoms with Gasteiger partial charge in [0.2, 0.25) is 0 Å². The third-order valence-electron chi connectivity index (χ3n) is 1.77. The van der Waals surface area contributed by atoms with Crippen LogP contribution in [0.25, 0.3) is 0 Å². The minimum absolute atomic E-state index is 0.493. The molecule has 13 heavy (non-hydrogen) atoms. The van der Waals surface area contributed by atoms with Gasteiger partial charge >= 0.3 is 0 Å². The van der Waals surface area contributed by atoms with Crippen molar-refractivity contribution in [2.45, 2.75) is 39.2 Å². The highest BCUT2D eigenvalue weighted by molar-refractivity contribution is 4.78. The van der Waals surface area contributed by atoms with Crippen molar-refractivity contribution in [3.05, 3.63) is 0 Å². The average Bonchev–Trinajstić information content (AvgIpc) is 1.95. The van der Waals surface area contributed by atoms with E-state index in [0.717, 1.165) is 6.42 Å². The lowest BCUT2D eigenvalue weighted by atomic mass is 9.94. The number of rotatable bonds is 6. The molecule has 0 saturated heterocycles. The average molecular weight is 184 g/mol. The molecule has 3 nitrogen and oxygen atoms in total. The molecule has 0 aliphatic carbocycles. The fourth-order valence-electron chi connectivity index (χ4n) is 1.45. The number of nitrogens with zero attached hydrogens (tertiary/aromatic N) is 1. The zero-order valence-corrected chi connectivity index (χ0v) is 8.80. The third-order valence-corrected chi connectivity index (χ3v) is 1.77. The molecule has 0 amide bonds. The van der Waals surface area contributed by atoms with Crippen molar-refractivity contribution in [1.82, 2.24) is 5.32 Å². The lowest BCUT2D eigenvalue weighted by molar-refractivity contribution is 0.0389. The zero-order chi connectivity index (χ0) is 10.3. The summed E-state index contributed by atoms with van der Waals surface area (Å²) in [7, 11) is 0. The molecule has 0 aromatic heterocycles. The summed E-state index contributed by atoms with van der Waals surface area (Å²) in [4.78, 5) is 0. The first kappa shape index (κ1) is 12.4. The van der Waals surface area contributed by atoms with Crippen LogP contribution >= 0.6 is 0 Å². The molecule has 3 heteroatoms. The van der Waals surface area contributed by atoms with Crippen LogP contribution in [0.2, 0.25) is 0 Å². The molecule has 0 heterocycles. The van der Waals surface area contributed by atoms with E-state index in [9.17, 15) is 5.11 Å². The van der Waals surface area contributed by atoms with E-state index in [0.29, 0.717) is 25.4 Å². The quantitative estimate of drug-likeness (QED) is 0.611. The molecule has 0 saturated carbocycles. The predicted molar refractivity (Wildman–Crippen MR) is 53.2 cm³/mol. The van der Waals surface area contributed by atoms with Gasteiger partial charge < -0.3 is 10.4 Å². The number of nitriles is 1. The van der Waals surface area contributed by atoms with E-state index in [1.807, 2.05) is 6.92 Å². The van der Waals surface area contributed by atoms with Gasteiger partial charge in [-0.1, -0.05) is 13.8 Å². The first-order chi connectivity index (χ1) is 5.98. The SMILES string of the molecule is CC(C)CC(C)(O)CNCCC#N. The third kappa shape index (κ3) is 7.76. The van der Waals surface area contributed by atoms with E-state index < -0.39 is 5.60 Å². The second kappa shape index (κ2) is 5.95. The summed E-state index contributed by atoms with van der Waals surface area (Å²) in [6.45, 7) is 7.22. The summed E-state index contributed by atoms with van der Waals surface area (Å²) in [5.74, 6) is 0.493. The first-order valence-corrected chi connectivity index (χ1v) is 4.78. The fraction of sp³-hybridized carbons (Fsp3) is 0.900. The normalized spacial score (nSPS) is 15.4. The van der Waals surface area contributed by atoms with Gasteiger partial charge in [-0.15, -0.1) is 0 Å². The molecule has 2 N–H and O–H groups in total. The molecule has 0 spiro atoms. The van der Waals surface area contributed by atoms with Gasteiger partial charge in [-0.2, -0.15) is 5.26 Å². The molecule has 0 rings (SSSR count). The fourth-order valence-corrected chi connectivity index (χ4v) is 1.45. The second-order valence-electron chi connectivity index (χ2n) is 4.18. The second-order valence-corrected chi connectivity index (χ2v) is 4.18. The van der Waals surface area contributed by atoms with Gasteiger partial charge in [-0.3, -0.25) is 0 Å². The van der Waals surface area contributed by atoms with Crippen LogP contribution in [0.4, 0.5) is 0 Å². The first-order valence-electron chi connectivity index (χ1n) is 4.78. The Kier molecular flexibility index (Phi) is 5.68. The van der Waals surface area contributed by atoms with Gasteiger partial charge in [0, 0.05) is 19.5 Å². The van der Waals surface area contributed by atoms with Crippen LogP contribution in [0.5, 0.6) is 0 Å². The largest absolute Gasteiger partial charge is 0.389 e. The van der Waals surface area contributed by atoms with Crippen molar-refractivity contribution in [3.63, 3.8) is 0 Å². The van der Waals surface area contributed by atoms with Gasteiger partial charge in [0.15, 0.2) is 0 Å². The van der Waals surface area contributed by atoms with Crippen LogP contribution in [0.3, 0.4) is 0 Å². The van der Waals surface area contributed by atoms with Crippen LogP contribution in [0, 0.1) is 17.2 Å². The monoisotopic (exact) mass is 184 g/mol. The van der Waals surface area contributed by atoms with Crippen LogP contribution in [-0.4, -0.2) is 23.8 Å². The minimum atomic E-state index is -0.649. The molecule has 0 radical (unpaired) electrons. The van der Waals surface area contributed by atoms with Gasteiger partial charge in [-0.25, -0.2) is 0 Å². The maximum absolute atomic E-state index is 9.84. The van der Waals surface area contributed by atoms with E-state index in [1.165, 1.54) is 0 Å². The zero-order valence-electron chi connectivity index (χ0n) is 8.80. The number of aliphatic hydroxyl groups is 1. The molecule has 76 valence electrons. The van der Waals surface area contributed by atoms with Crippen molar-refractivity contribution >= 4 is 0 Å². The molecular formula is C10H20N2O. The molecule has 1 unspecified atom stereocenters. The highest BCUT2D eigenvalue weighted by Crippen LogP contribution is 2.14. The van der Waals surface area contributed by atoms with Gasteiger partial charge in [-0.05, 0) is 19.3 Å². The van der Waals surface area contributed by atoms with E-state index in [-0.39, 0.29) is 0 Å². The molecule has 0 aromatic rings. The van der Waals surface area contributed by atoms with Crippen LogP contribution in [0.15, 0.2) is 0 Å². The summed E-state index contributed by atoms with van der Waals surface area (Å²) >= 11 is 0. The molecule has 1 atom stereocenters.